The molecular weight excluding hydrogens is 411 g/mol. The molecule has 0 saturated heterocycles. The zero-order chi connectivity index (χ0) is 23.6. The molecule has 2 aromatic rings. The number of guanidine groups is 1. The lowest BCUT2D eigenvalue weighted by molar-refractivity contribution is 0.0636. The minimum Gasteiger partial charge on any atom is -0.444 e. The number of methoxy groups -OCH3 is 1. The number of halogens is 1. The average Bonchev–Trinajstić information content (AvgIpc) is 2.72. The summed E-state index contributed by atoms with van der Waals surface area (Å²) in [6.07, 6.45) is 0.305. The second-order valence-corrected chi connectivity index (χ2v) is 8.29. The van der Waals surface area contributed by atoms with Gasteiger partial charge in [0.1, 0.15) is 11.4 Å². The van der Waals surface area contributed by atoms with E-state index >= 15 is 0 Å². The topological polar surface area (TPSA) is 84.0 Å². The number of nitrogens with zero attached hydrogens (tertiary/aromatic N) is 1. The van der Waals surface area contributed by atoms with Gasteiger partial charge in [-0.25, -0.2) is 9.18 Å². The molecule has 0 aromatic heterocycles. The third-order valence-corrected chi connectivity index (χ3v) is 4.40. The van der Waals surface area contributed by atoms with Crippen LogP contribution in [0.1, 0.15) is 37.5 Å². The standard InChI is InChI=1S/C24H33FN4O3/c1-24(2,3)32-23(30)29-20-9-6-17(7-10-20)12-13-27-22(26-4)28-15-18-8-11-21(25)19(14-18)16-31-5/h6-11,14H,12-13,15-16H2,1-5H3,(H,29,30)(H2,26,27,28). The van der Waals surface area contributed by atoms with Crippen molar-refractivity contribution in [2.75, 3.05) is 26.0 Å². The average molecular weight is 445 g/mol. The molecule has 2 rings (SSSR count). The second kappa shape index (κ2) is 12.0. The number of nitrogens with one attached hydrogen (secondary N) is 3. The number of aliphatic imine (C=N–C) groups is 1. The molecule has 32 heavy (non-hydrogen) atoms. The first kappa shape index (κ1) is 25.1. The lowest BCUT2D eigenvalue weighted by Crippen LogP contribution is -2.37. The largest absolute Gasteiger partial charge is 0.444 e. The van der Waals surface area contributed by atoms with Crippen molar-refractivity contribution in [3.05, 3.63) is 65.0 Å². The van der Waals surface area contributed by atoms with E-state index in [0.29, 0.717) is 30.3 Å². The fraction of sp³-hybridized carbons (Fsp3) is 0.417. The second-order valence-electron chi connectivity index (χ2n) is 8.29. The van der Waals surface area contributed by atoms with E-state index in [0.717, 1.165) is 17.5 Å². The molecule has 0 atom stereocenters. The Morgan fingerprint density at radius 2 is 1.75 bits per heavy atom. The van der Waals surface area contributed by atoms with Crippen molar-refractivity contribution in [2.24, 2.45) is 4.99 Å². The van der Waals surface area contributed by atoms with Gasteiger partial charge in [0.15, 0.2) is 5.96 Å². The summed E-state index contributed by atoms with van der Waals surface area (Å²) in [6.45, 7) is 6.90. The molecule has 0 aliphatic heterocycles. The zero-order valence-corrected chi connectivity index (χ0v) is 19.4. The maximum atomic E-state index is 13.7. The summed E-state index contributed by atoms with van der Waals surface area (Å²) in [7, 11) is 3.24. The summed E-state index contributed by atoms with van der Waals surface area (Å²) in [5.74, 6) is 0.385. The zero-order valence-electron chi connectivity index (χ0n) is 19.4. The lowest BCUT2D eigenvalue weighted by Gasteiger charge is -2.19. The summed E-state index contributed by atoms with van der Waals surface area (Å²) in [6, 6.07) is 12.6. The van der Waals surface area contributed by atoms with Crippen molar-refractivity contribution >= 4 is 17.7 Å². The summed E-state index contributed by atoms with van der Waals surface area (Å²) < 4.78 is 24.0. The number of ether oxygens (including phenoxy) is 2. The van der Waals surface area contributed by atoms with Gasteiger partial charge in [0.05, 0.1) is 6.61 Å². The molecule has 8 heteroatoms. The van der Waals surface area contributed by atoms with Crippen molar-refractivity contribution in [3.63, 3.8) is 0 Å². The fourth-order valence-electron chi connectivity index (χ4n) is 2.91. The van der Waals surface area contributed by atoms with Crippen LogP contribution in [-0.2, 0) is 29.0 Å². The third kappa shape index (κ3) is 8.93. The Bertz CT molecular complexity index is 908. The van der Waals surface area contributed by atoms with E-state index in [1.54, 1.807) is 26.3 Å². The number of hydrogen-bond donors (Lipinski definition) is 3. The van der Waals surface area contributed by atoms with Crippen LogP contribution in [0.3, 0.4) is 0 Å². The van der Waals surface area contributed by atoms with Gasteiger partial charge in [0.25, 0.3) is 0 Å². The monoisotopic (exact) mass is 444 g/mol. The smallest absolute Gasteiger partial charge is 0.412 e. The van der Waals surface area contributed by atoms with E-state index in [4.69, 9.17) is 9.47 Å². The Labute approximate surface area is 189 Å². The first-order valence-electron chi connectivity index (χ1n) is 10.5. The number of rotatable bonds is 8. The van der Waals surface area contributed by atoms with E-state index in [1.807, 2.05) is 45.0 Å². The van der Waals surface area contributed by atoms with Gasteiger partial charge >= 0.3 is 6.09 Å². The van der Waals surface area contributed by atoms with Crippen LogP contribution >= 0.6 is 0 Å². The van der Waals surface area contributed by atoms with Crippen LogP contribution in [0.5, 0.6) is 0 Å². The quantitative estimate of drug-likeness (QED) is 0.419. The molecule has 0 bridgehead atoms. The summed E-state index contributed by atoms with van der Waals surface area (Å²) in [5.41, 5.74) is 2.73. The van der Waals surface area contributed by atoms with Crippen LogP contribution in [0.2, 0.25) is 0 Å². The first-order chi connectivity index (χ1) is 15.2. The molecule has 0 heterocycles. The molecule has 3 N–H and O–H groups in total. The Hall–Kier alpha value is -3.13. The van der Waals surface area contributed by atoms with Crippen LogP contribution in [0.15, 0.2) is 47.5 Å². The van der Waals surface area contributed by atoms with Gasteiger partial charge in [-0.2, -0.15) is 0 Å². The van der Waals surface area contributed by atoms with Gasteiger partial charge < -0.3 is 20.1 Å². The number of benzene rings is 2. The minimum atomic E-state index is -0.537. The lowest BCUT2D eigenvalue weighted by atomic mass is 10.1. The van der Waals surface area contributed by atoms with Crippen LogP contribution in [0, 0.1) is 5.82 Å². The van der Waals surface area contributed by atoms with Crippen LogP contribution in [-0.4, -0.2) is 38.4 Å². The van der Waals surface area contributed by atoms with Crippen molar-refractivity contribution in [1.29, 1.82) is 0 Å². The molecule has 1 amide bonds. The van der Waals surface area contributed by atoms with Crippen LogP contribution in [0.25, 0.3) is 0 Å². The maximum absolute atomic E-state index is 13.7. The number of carbonyl (C=O) groups excluding carboxylic acids is 1. The maximum Gasteiger partial charge on any atom is 0.412 e. The summed E-state index contributed by atoms with van der Waals surface area (Å²) in [5, 5.41) is 9.21. The molecular formula is C24H33FN4O3. The molecule has 7 nitrogen and oxygen atoms in total. The van der Waals surface area contributed by atoms with Crippen molar-refractivity contribution in [2.45, 2.75) is 45.9 Å². The van der Waals surface area contributed by atoms with Gasteiger partial charge in [0.2, 0.25) is 0 Å². The molecule has 0 unspecified atom stereocenters. The fourth-order valence-corrected chi connectivity index (χ4v) is 2.91. The van der Waals surface area contributed by atoms with Gasteiger partial charge in [-0.3, -0.25) is 10.3 Å². The Kier molecular flexibility index (Phi) is 9.46. The Morgan fingerprint density at radius 3 is 2.38 bits per heavy atom. The normalized spacial score (nSPS) is 11.8. The van der Waals surface area contributed by atoms with E-state index in [-0.39, 0.29) is 12.4 Å². The van der Waals surface area contributed by atoms with Gasteiger partial charge in [0, 0.05) is 38.5 Å². The molecule has 0 aliphatic carbocycles. The number of carbonyl (C=O) groups is 1. The van der Waals surface area contributed by atoms with E-state index in [9.17, 15) is 9.18 Å². The van der Waals surface area contributed by atoms with E-state index in [1.165, 1.54) is 6.07 Å². The molecule has 2 aromatic carbocycles. The number of anilines is 1. The van der Waals surface area contributed by atoms with Crippen LogP contribution < -0.4 is 16.0 Å². The third-order valence-electron chi connectivity index (χ3n) is 4.40. The predicted octanol–water partition coefficient (Wildman–Crippen LogP) is 4.23. The van der Waals surface area contributed by atoms with Crippen LogP contribution in [0.4, 0.5) is 14.9 Å². The molecule has 0 spiro atoms. The number of amides is 1. The summed E-state index contributed by atoms with van der Waals surface area (Å²) in [4.78, 5) is 16.1. The highest BCUT2D eigenvalue weighted by molar-refractivity contribution is 5.84. The van der Waals surface area contributed by atoms with Gasteiger partial charge in [-0.15, -0.1) is 0 Å². The molecule has 0 radical (unpaired) electrons. The summed E-state index contributed by atoms with van der Waals surface area (Å²) >= 11 is 0. The van der Waals surface area contributed by atoms with Gasteiger partial charge in [-0.1, -0.05) is 18.2 Å². The Balaban J connectivity index is 1.78. The van der Waals surface area contributed by atoms with E-state index < -0.39 is 11.7 Å². The van der Waals surface area contributed by atoms with Crippen molar-refractivity contribution in [3.8, 4) is 0 Å². The molecule has 0 saturated carbocycles. The number of hydrogen-bond acceptors (Lipinski definition) is 4. The van der Waals surface area contributed by atoms with Gasteiger partial charge in [-0.05, 0) is 62.6 Å². The van der Waals surface area contributed by atoms with E-state index in [2.05, 4.69) is 20.9 Å². The minimum absolute atomic E-state index is 0.235. The SMILES string of the molecule is CN=C(NCCc1ccc(NC(=O)OC(C)(C)C)cc1)NCc1ccc(F)c(COC)c1. The predicted molar refractivity (Wildman–Crippen MR) is 125 cm³/mol. The van der Waals surface area contributed by atoms with Crippen molar-refractivity contribution in [1.82, 2.24) is 10.6 Å². The molecule has 0 fully saturated rings. The molecule has 174 valence electrons. The first-order valence-corrected chi connectivity index (χ1v) is 10.5. The van der Waals surface area contributed by atoms with Crippen molar-refractivity contribution < 1.29 is 18.7 Å². The molecule has 0 aliphatic rings. The highest BCUT2D eigenvalue weighted by Crippen LogP contribution is 2.14. The highest BCUT2D eigenvalue weighted by Gasteiger charge is 2.16. The Morgan fingerprint density at radius 1 is 1.06 bits per heavy atom. The highest BCUT2D eigenvalue weighted by atomic mass is 19.1.